The van der Waals surface area contributed by atoms with Crippen LogP contribution < -0.4 is 10.1 Å². The smallest absolute Gasteiger partial charge is 0.125 e. The van der Waals surface area contributed by atoms with Crippen molar-refractivity contribution in [2.24, 2.45) is 5.41 Å². The lowest BCUT2D eigenvalue weighted by atomic mass is 10.0. The molecule has 3 nitrogen and oxygen atoms in total. The molecule has 2 N–H and O–H groups in total. The summed E-state index contributed by atoms with van der Waals surface area (Å²) >= 11 is 0. The van der Waals surface area contributed by atoms with Crippen LogP contribution in [0.2, 0.25) is 0 Å². The molecule has 0 heterocycles. The molecule has 0 saturated heterocycles. The summed E-state index contributed by atoms with van der Waals surface area (Å²) in [6, 6.07) is 6.09. The molecule has 1 aromatic carbocycles. The van der Waals surface area contributed by atoms with E-state index in [1.54, 1.807) is 0 Å². The van der Waals surface area contributed by atoms with Crippen LogP contribution >= 0.6 is 0 Å². The standard InChI is InChI=1S/C17H27NO2/c1-4-17(8-9-17)12-18-10-15(19)11-20-16-13(2)6-5-7-14(16)3/h5-7,15,18-19H,4,8-12H2,1-3H3. The third-order valence-corrected chi connectivity index (χ3v) is 4.42. The number of benzene rings is 1. The van der Waals surface area contributed by atoms with E-state index < -0.39 is 6.10 Å². The largest absolute Gasteiger partial charge is 0.490 e. The van der Waals surface area contributed by atoms with Crippen LogP contribution in [0, 0.1) is 19.3 Å². The molecule has 0 bridgehead atoms. The first kappa shape index (κ1) is 15.3. The molecule has 3 heteroatoms. The van der Waals surface area contributed by atoms with Crippen molar-refractivity contribution in [2.75, 3.05) is 19.7 Å². The van der Waals surface area contributed by atoms with Crippen molar-refractivity contribution >= 4 is 0 Å². The van der Waals surface area contributed by atoms with Gasteiger partial charge in [-0.15, -0.1) is 0 Å². The Kier molecular flexibility index (Phi) is 5.06. The van der Waals surface area contributed by atoms with Gasteiger partial charge < -0.3 is 15.2 Å². The lowest BCUT2D eigenvalue weighted by molar-refractivity contribution is 0.104. The van der Waals surface area contributed by atoms with E-state index in [0.717, 1.165) is 23.4 Å². The van der Waals surface area contributed by atoms with Gasteiger partial charge in [0.15, 0.2) is 0 Å². The number of hydrogen-bond donors (Lipinski definition) is 2. The molecule has 1 atom stereocenters. The van der Waals surface area contributed by atoms with Crippen molar-refractivity contribution < 1.29 is 9.84 Å². The fourth-order valence-corrected chi connectivity index (χ4v) is 2.60. The van der Waals surface area contributed by atoms with E-state index in [4.69, 9.17) is 4.74 Å². The predicted octanol–water partition coefficient (Wildman–Crippen LogP) is 2.82. The Morgan fingerprint density at radius 1 is 1.30 bits per heavy atom. The summed E-state index contributed by atoms with van der Waals surface area (Å²) in [5, 5.41) is 13.4. The third-order valence-electron chi connectivity index (χ3n) is 4.42. The average molecular weight is 277 g/mol. The molecule has 1 aromatic rings. The monoisotopic (exact) mass is 277 g/mol. The van der Waals surface area contributed by atoms with Crippen molar-refractivity contribution in [3.8, 4) is 5.75 Å². The van der Waals surface area contributed by atoms with Gasteiger partial charge in [0.1, 0.15) is 18.5 Å². The Morgan fingerprint density at radius 3 is 2.50 bits per heavy atom. The van der Waals surface area contributed by atoms with Crippen LogP contribution in [0.25, 0.3) is 0 Å². The number of aliphatic hydroxyl groups excluding tert-OH is 1. The van der Waals surface area contributed by atoms with Crippen LogP contribution in [0.1, 0.15) is 37.3 Å². The van der Waals surface area contributed by atoms with Gasteiger partial charge in [-0.2, -0.15) is 0 Å². The first-order valence-electron chi connectivity index (χ1n) is 7.64. The van der Waals surface area contributed by atoms with Crippen LogP contribution in [-0.2, 0) is 0 Å². The number of aryl methyl sites for hydroxylation is 2. The van der Waals surface area contributed by atoms with Crippen LogP contribution in [0.3, 0.4) is 0 Å². The molecule has 0 spiro atoms. The zero-order chi connectivity index (χ0) is 14.6. The Balaban J connectivity index is 1.71. The number of aliphatic hydroxyl groups is 1. The number of nitrogens with one attached hydrogen (secondary N) is 1. The second kappa shape index (κ2) is 6.59. The predicted molar refractivity (Wildman–Crippen MR) is 82.2 cm³/mol. The highest BCUT2D eigenvalue weighted by molar-refractivity contribution is 5.39. The first-order chi connectivity index (χ1) is 9.56. The number of ether oxygens (including phenoxy) is 1. The lowest BCUT2D eigenvalue weighted by Gasteiger charge is -2.18. The Hall–Kier alpha value is -1.06. The second-order valence-electron chi connectivity index (χ2n) is 6.17. The average Bonchev–Trinajstić information content (AvgIpc) is 3.19. The van der Waals surface area contributed by atoms with E-state index in [9.17, 15) is 5.11 Å². The highest BCUT2D eigenvalue weighted by atomic mass is 16.5. The quantitative estimate of drug-likeness (QED) is 0.768. The molecule has 1 saturated carbocycles. The minimum absolute atomic E-state index is 0.345. The van der Waals surface area contributed by atoms with Crippen LogP contribution in [-0.4, -0.2) is 30.9 Å². The highest BCUT2D eigenvalue weighted by Gasteiger charge is 2.39. The number of para-hydroxylation sites is 1. The topological polar surface area (TPSA) is 41.5 Å². The van der Waals surface area contributed by atoms with Gasteiger partial charge >= 0.3 is 0 Å². The van der Waals surface area contributed by atoms with Crippen molar-refractivity contribution in [3.05, 3.63) is 29.3 Å². The molecule has 1 fully saturated rings. The van der Waals surface area contributed by atoms with Gasteiger partial charge in [-0.05, 0) is 49.7 Å². The summed E-state index contributed by atoms with van der Waals surface area (Å²) in [5.74, 6) is 0.902. The summed E-state index contributed by atoms with van der Waals surface area (Å²) in [5.41, 5.74) is 2.76. The molecule has 1 aliphatic carbocycles. The lowest BCUT2D eigenvalue weighted by Crippen LogP contribution is -2.34. The maximum atomic E-state index is 9.99. The zero-order valence-corrected chi connectivity index (χ0v) is 12.9. The molecule has 0 amide bonds. The van der Waals surface area contributed by atoms with Crippen molar-refractivity contribution in [2.45, 2.75) is 46.1 Å². The summed E-state index contributed by atoms with van der Waals surface area (Å²) in [6.45, 7) is 8.28. The van der Waals surface area contributed by atoms with Gasteiger partial charge in [-0.3, -0.25) is 0 Å². The summed E-state index contributed by atoms with van der Waals surface area (Å²) in [4.78, 5) is 0. The summed E-state index contributed by atoms with van der Waals surface area (Å²) in [7, 11) is 0. The molecule has 0 aliphatic heterocycles. The fourth-order valence-electron chi connectivity index (χ4n) is 2.60. The Bertz CT molecular complexity index is 420. The van der Waals surface area contributed by atoms with Crippen molar-refractivity contribution in [3.63, 3.8) is 0 Å². The van der Waals surface area contributed by atoms with Gasteiger partial charge in [0.2, 0.25) is 0 Å². The number of rotatable bonds is 8. The second-order valence-corrected chi connectivity index (χ2v) is 6.17. The molecule has 20 heavy (non-hydrogen) atoms. The van der Waals surface area contributed by atoms with Crippen molar-refractivity contribution in [1.82, 2.24) is 5.32 Å². The van der Waals surface area contributed by atoms with Crippen LogP contribution in [0.15, 0.2) is 18.2 Å². The molecule has 112 valence electrons. The van der Waals surface area contributed by atoms with E-state index in [0.29, 0.717) is 18.6 Å². The summed E-state index contributed by atoms with van der Waals surface area (Å²) in [6.07, 6.45) is 3.42. The first-order valence-corrected chi connectivity index (χ1v) is 7.64. The minimum atomic E-state index is -0.457. The number of hydrogen-bond acceptors (Lipinski definition) is 3. The van der Waals surface area contributed by atoms with Crippen LogP contribution in [0.4, 0.5) is 0 Å². The van der Waals surface area contributed by atoms with E-state index in [-0.39, 0.29) is 0 Å². The summed E-state index contributed by atoms with van der Waals surface area (Å²) < 4.78 is 5.76. The zero-order valence-electron chi connectivity index (χ0n) is 12.9. The Morgan fingerprint density at radius 2 is 1.95 bits per heavy atom. The van der Waals surface area contributed by atoms with Gasteiger partial charge in [-0.25, -0.2) is 0 Å². The molecule has 1 unspecified atom stereocenters. The molecular formula is C17H27NO2. The van der Waals surface area contributed by atoms with E-state index in [1.165, 1.54) is 19.3 Å². The van der Waals surface area contributed by atoms with Gasteiger partial charge in [-0.1, -0.05) is 25.1 Å². The van der Waals surface area contributed by atoms with Gasteiger partial charge in [0.25, 0.3) is 0 Å². The molecular weight excluding hydrogens is 250 g/mol. The van der Waals surface area contributed by atoms with Crippen LogP contribution in [0.5, 0.6) is 5.75 Å². The van der Waals surface area contributed by atoms with Gasteiger partial charge in [0, 0.05) is 13.1 Å². The van der Waals surface area contributed by atoms with E-state index >= 15 is 0 Å². The minimum Gasteiger partial charge on any atom is -0.490 e. The van der Waals surface area contributed by atoms with E-state index in [2.05, 4.69) is 12.2 Å². The molecule has 0 radical (unpaired) electrons. The maximum Gasteiger partial charge on any atom is 0.125 e. The Labute approximate surface area is 122 Å². The highest BCUT2D eigenvalue weighted by Crippen LogP contribution is 2.47. The molecule has 2 rings (SSSR count). The molecule has 1 aliphatic rings. The molecule has 0 aromatic heterocycles. The van der Waals surface area contributed by atoms with Crippen molar-refractivity contribution in [1.29, 1.82) is 0 Å². The SMILES string of the molecule is CCC1(CNCC(O)COc2c(C)cccc2C)CC1. The van der Waals surface area contributed by atoms with E-state index in [1.807, 2.05) is 32.0 Å². The maximum absolute atomic E-state index is 9.99. The third kappa shape index (κ3) is 3.97. The normalized spacial score (nSPS) is 17.8. The van der Waals surface area contributed by atoms with Gasteiger partial charge in [0.05, 0.1) is 0 Å². The fraction of sp³-hybridized carbons (Fsp3) is 0.647.